The van der Waals surface area contributed by atoms with Crippen LogP contribution in [0.4, 0.5) is 0 Å². The van der Waals surface area contributed by atoms with Gasteiger partial charge in [-0.3, -0.25) is 14.5 Å². The maximum absolute atomic E-state index is 11.9. The Morgan fingerprint density at radius 3 is 2.79 bits per heavy atom. The Labute approximate surface area is 111 Å². The average molecular weight is 266 g/mol. The van der Waals surface area contributed by atoms with Gasteiger partial charge < -0.3 is 14.4 Å². The van der Waals surface area contributed by atoms with Crippen molar-refractivity contribution in [1.82, 2.24) is 9.47 Å². The van der Waals surface area contributed by atoms with Crippen molar-refractivity contribution in [3.8, 4) is 5.75 Å². The van der Waals surface area contributed by atoms with Crippen LogP contribution in [0.3, 0.4) is 0 Å². The van der Waals surface area contributed by atoms with E-state index in [1.54, 1.807) is 12.1 Å². The number of ether oxygens (including phenoxy) is 1. The number of likely N-dealkylation sites (tertiary alicyclic amines) is 1. The van der Waals surface area contributed by atoms with E-state index in [0.717, 1.165) is 24.2 Å². The molecular formula is C13H18N2O4. The molecule has 104 valence electrons. The highest BCUT2D eigenvalue weighted by atomic mass is 16.5. The molecule has 1 N–H and O–H groups in total. The molecule has 1 saturated heterocycles. The molecule has 6 nitrogen and oxygen atoms in total. The number of pyridine rings is 1. The predicted octanol–water partition coefficient (Wildman–Crippen LogP) is 0.408. The highest BCUT2D eigenvalue weighted by molar-refractivity contribution is 5.66. The van der Waals surface area contributed by atoms with Gasteiger partial charge in [-0.15, -0.1) is 0 Å². The summed E-state index contributed by atoms with van der Waals surface area (Å²) in [5.74, 6) is -0.834. The van der Waals surface area contributed by atoms with Crippen molar-refractivity contribution in [3.63, 3.8) is 0 Å². The number of nitrogens with zero attached hydrogens (tertiary/aromatic N) is 2. The summed E-state index contributed by atoms with van der Waals surface area (Å²) in [5, 5.41) is 8.69. The van der Waals surface area contributed by atoms with Crippen molar-refractivity contribution in [2.75, 3.05) is 26.2 Å². The minimum Gasteiger partial charge on any atom is -0.487 e. The van der Waals surface area contributed by atoms with Crippen LogP contribution in [0.15, 0.2) is 23.1 Å². The van der Waals surface area contributed by atoms with Crippen molar-refractivity contribution in [2.45, 2.75) is 19.4 Å². The number of carboxylic acids is 1. The average Bonchev–Trinajstić information content (AvgIpc) is 2.86. The van der Waals surface area contributed by atoms with Gasteiger partial charge in [-0.2, -0.15) is 0 Å². The Morgan fingerprint density at radius 2 is 2.11 bits per heavy atom. The third kappa shape index (κ3) is 3.82. The summed E-state index contributed by atoms with van der Waals surface area (Å²) < 4.78 is 6.59. The molecule has 0 bridgehead atoms. The van der Waals surface area contributed by atoms with E-state index in [4.69, 9.17) is 9.84 Å². The highest BCUT2D eigenvalue weighted by Crippen LogP contribution is 2.07. The zero-order valence-corrected chi connectivity index (χ0v) is 10.7. The summed E-state index contributed by atoms with van der Waals surface area (Å²) in [6.45, 7) is 3.07. The Morgan fingerprint density at radius 1 is 1.37 bits per heavy atom. The number of aliphatic carboxylic acids is 1. The maximum atomic E-state index is 11.9. The Balaban J connectivity index is 1.92. The molecule has 19 heavy (non-hydrogen) atoms. The Kier molecular flexibility index (Phi) is 4.57. The summed E-state index contributed by atoms with van der Waals surface area (Å²) in [7, 11) is 0. The van der Waals surface area contributed by atoms with Crippen LogP contribution >= 0.6 is 0 Å². The zero-order valence-electron chi connectivity index (χ0n) is 10.7. The zero-order chi connectivity index (χ0) is 13.7. The molecule has 6 heteroatoms. The van der Waals surface area contributed by atoms with E-state index in [0.29, 0.717) is 6.61 Å². The summed E-state index contributed by atoms with van der Waals surface area (Å²) >= 11 is 0. The van der Waals surface area contributed by atoms with Crippen LogP contribution in [0.1, 0.15) is 12.8 Å². The predicted molar refractivity (Wildman–Crippen MR) is 69.5 cm³/mol. The van der Waals surface area contributed by atoms with E-state index in [2.05, 4.69) is 4.90 Å². The third-order valence-corrected chi connectivity index (χ3v) is 3.15. The van der Waals surface area contributed by atoms with Gasteiger partial charge in [0.1, 0.15) is 13.2 Å². The second-order valence-corrected chi connectivity index (χ2v) is 4.60. The van der Waals surface area contributed by atoms with Crippen LogP contribution in [0.2, 0.25) is 0 Å². The summed E-state index contributed by atoms with van der Waals surface area (Å²) in [6, 6.07) is 3.19. The second kappa shape index (κ2) is 6.38. The van der Waals surface area contributed by atoms with Gasteiger partial charge in [-0.05, 0) is 38.1 Å². The Hall–Kier alpha value is -1.82. The lowest BCUT2D eigenvalue weighted by Crippen LogP contribution is -2.28. The number of carboxylic acid groups (broad SMARTS) is 1. The number of hydrogen-bond acceptors (Lipinski definition) is 4. The van der Waals surface area contributed by atoms with Crippen molar-refractivity contribution in [3.05, 3.63) is 28.7 Å². The van der Waals surface area contributed by atoms with Crippen LogP contribution in [-0.4, -0.2) is 46.8 Å². The van der Waals surface area contributed by atoms with E-state index in [1.807, 2.05) is 0 Å². The molecule has 2 heterocycles. The minimum atomic E-state index is -1.05. The molecule has 0 saturated carbocycles. The fraction of sp³-hybridized carbons (Fsp3) is 0.538. The van der Waals surface area contributed by atoms with Gasteiger partial charge in [0.15, 0.2) is 5.75 Å². The summed E-state index contributed by atoms with van der Waals surface area (Å²) in [6.07, 6.45) is 3.89. The fourth-order valence-electron chi connectivity index (χ4n) is 2.19. The summed E-state index contributed by atoms with van der Waals surface area (Å²) in [4.78, 5) is 24.8. The van der Waals surface area contributed by atoms with E-state index in [9.17, 15) is 9.59 Å². The largest absolute Gasteiger partial charge is 0.487 e. The van der Waals surface area contributed by atoms with Crippen LogP contribution in [0.5, 0.6) is 5.75 Å². The van der Waals surface area contributed by atoms with Gasteiger partial charge in [-0.1, -0.05) is 0 Å². The lowest BCUT2D eigenvalue weighted by Gasteiger charge is -2.14. The molecule has 0 aliphatic carbocycles. The smallest absolute Gasteiger partial charge is 0.323 e. The van der Waals surface area contributed by atoms with Crippen LogP contribution in [-0.2, 0) is 11.3 Å². The molecule has 1 aromatic rings. The maximum Gasteiger partial charge on any atom is 0.323 e. The van der Waals surface area contributed by atoms with Gasteiger partial charge in [0, 0.05) is 12.7 Å². The van der Waals surface area contributed by atoms with Crippen LogP contribution in [0.25, 0.3) is 0 Å². The first-order valence-electron chi connectivity index (χ1n) is 6.43. The van der Waals surface area contributed by atoms with E-state index >= 15 is 0 Å². The number of carbonyl (C=O) groups is 1. The molecular weight excluding hydrogens is 248 g/mol. The first-order chi connectivity index (χ1) is 9.16. The van der Waals surface area contributed by atoms with E-state index in [1.165, 1.54) is 19.0 Å². The quantitative estimate of drug-likeness (QED) is 0.807. The van der Waals surface area contributed by atoms with Gasteiger partial charge in [0.25, 0.3) is 5.56 Å². The van der Waals surface area contributed by atoms with E-state index in [-0.39, 0.29) is 12.3 Å². The van der Waals surface area contributed by atoms with Crippen LogP contribution < -0.4 is 10.3 Å². The second-order valence-electron chi connectivity index (χ2n) is 4.60. The Bertz CT molecular complexity index is 492. The van der Waals surface area contributed by atoms with Gasteiger partial charge in [0.2, 0.25) is 0 Å². The molecule has 1 aliphatic rings. The minimum absolute atomic E-state index is 0.211. The molecule has 2 rings (SSSR count). The first-order valence-corrected chi connectivity index (χ1v) is 6.43. The summed E-state index contributed by atoms with van der Waals surface area (Å²) in [5.41, 5.74) is -0.397. The van der Waals surface area contributed by atoms with Crippen molar-refractivity contribution in [2.24, 2.45) is 0 Å². The molecule has 0 atom stereocenters. The first kappa shape index (κ1) is 13.6. The van der Waals surface area contributed by atoms with Crippen molar-refractivity contribution >= 4 is 5.97 Å². The third-order valence-electron chi connectivity index (χ3n) is 3.15. The van der Waals surface area contributed by atoms with Crippen molar-refractivity contribution in [1.29, 1.82) is 0 Å². The monoisotopic (exact) mass is 266 g/mol. The topological polar surface area (TPSA) is 71.8 Å². The van der Waals surface area contributed by atoms with Gasteiger partial charge in [0.05, 0.1) is 0 Å². The molecule has 0 radical (unpaired) electrons. The molecule has 1 aliphatic heterocycles. The SMILES string of the molecule is O=C(O)Cn1cccc(OCCN2CCCC2)c1=O. The number of rotatable bonds is 6. The number of aromatic nitrogens is 1. The highest BCUT2D eigenvalue weighted by Gasteiger charge is 2.12. The van der Waals surface area contributed by atoms with E-state index < -0.39 is 11.5 Å². The lowest BCUT2D eigenvalue weighted by atomic mass is 10.4. The molecule has 0 unspecified atom stereocenters. The molecule has 1 aromatic heterocycles. The molecule has 1 fully saturated rings. The molecule has 0 aromatic carbocycles. The molecule has 0 spiro atoms. The standard InChI is InChI=1S/C13H18N2O4/c16-12(17)10-15-7-3-4-11(13(15)18)19-9-8-14-5-1-2-6-14/h3-4,7H,1-2,5-6,8-10H2,(H,16,17). The fourth-order valence-corrected chi connectivity index (χ4v) is 2.19. The van der Waals surface area contributed by atoms with Crippen LogP contribution in [0, 0.1) is 0 Å². The van der Waals surface area contributed by atoms with Gasteiger partial charge in [-0.25, -0.2) is 0 Å². The van der Waals surface area contributed by atoms with Gasteiger partial charge >= 0.3 is 5.97 Å². The lowest BCUT2D eigenvalue weighted by molar-refractivity contribution is -0.137. The normalized spacial score (nSPS) is 15.6. The molecule has 0 amide bonds. The number of hydrogen-bond donors (Lipinski definition) is 1. The van der Waals surface area contributed by atoms with Crippen molar-refractivity contribution < 1.29 is 14.6 Å².